The number of hydrogen-bond acceptors (Lipinski definition) is 4. The van der Waals surface area contributed by atoms with Crippen molar-refractivity contribution in [3.05, 3.63) is 23.9 Å². The normalized spacial score (nSPS) is 10.5. The SMILES string of the molecule is CC(C)=O.CCC(=CNC(=O)C=CCC(C)=O)C(=O)O. The summed E-state index contributed by atoms with van der Waals surface area (Å²) in [7, 11) is 0. The van der Waals surface area contributed by atoms with E-state index in [0.29, 0.717) is 6.42 Å². The largest absolute Gasteiger partial charge is 0.478 e. The van der Waals surface area contributed by atoms with Crippen molar-refractivity contribution in [1.82, 2.24) is 5.32 Å². The Balaban J connectivity index is 0. The molecule has 0 saturated heterocycles. The van der Waals surface area contributed by atoms with E-state index in [2.05, 4.69) is 5.32 Å². The van der Waals surface area contributed by atoms with Crippen molar-refractivity contribution in [3.63, 3.8) is 0 Å². The first-order valence-corrected chi connectivity index (χ1v) is 6.06. The van der Waals surface area contributed by atoms with Crippen molar-refractivity contribution in [1.29, 1.82) is 0 Å². The third-order valence-electron chi connectivity index (χ3n) is 1.72. The van der Waals surface area contributed by atoms with E-state index in [-0.39, 0.29) is 23.6 Å². The highest BCUT2D eigenvalue weighted by atomic mass is 16.4. The molecule has 6 nitrogen and oxygen atoms in total. The van der Waals surface area contributed by atoms with Crippen molar-refractivity contribution >= 4 is 23.4 Å². The highest BCUT2D eigenvalue weighted by molar-refractivity contribution is 5.91. The number of aliphatic carboxylic acids is 1. The van der Waals surface area contributed by atoms with Crippen LogP contribution >= 0.6 is 0 Å². The Hall–Kier alpha value is -2.24. The van der Waals surface area contributed by atoms with Gasteiger partial charge in [0, 0.05) is 12.6 Å². The lowest BCUT2D eigenvalue weighted by molar-refractivity contribution is -0.132. The molecule has 0 aromatic carbocycles. The van der Waals surface area contributed by atoms with Crippen molar-refractivity contribution < 1.29 is 24.3 Å². The fraction of sp³-hybridized carbons (Fsp3) is 0.429. The number of rotatable bonds is 6. The Morgan fingerprint density at radius 1 is 1.10 bits per heavy atom. The molecule has 1 amide bonds. The van der Waals surface area contributed by atoms with Gasteiger partial charge in [-0.05, 0) is 33.3 Å². The smallest absolute Gasteiger partial charge is 0.333 e. The summed E-state index contributed by atoms with van der Waals surface area (Å²) in [6, 6.07) is 0. The van der Waals surface area contributed by atoms with Gasteiger partial charge in [0.15, 0.2) is 0 Å². The fourth-order valence-corrected chi connectivity index (χ4v) is 0.853. The zero-order valence-electron chi connectivity index (χ0n) is 12.2. The van der Waals surface area contributed by atoms with Crippen LogP contribution in [0.5, 0.6) is 0 Å². The lowest BCUT2D eigenvalue weighted by Gasteiger charge is -1.98. The van der Waals surface area contributed by atoms with Crippen molar-refractivity contribution in [3.8, 4) is 0 Å². The quantitative estimate of drug-likeness (QED) is 0.721. The van der Waals surface area contributed by atoms with Gasteiger partial charge in [-0.3, -0.25) is 9.59 Å². The van der Waals surface area contributed by atoms with Gasteiger partial charge in [-0.25, -0.2) is 4.79 Å². The van der Waals surface area contributed by atoms with Crippen molar-refractivity contribution in [2.45, 2.75) is 40.5 Å². The standard InChI is InChI=1S/C11H15NO4.C3H6O/c1-3-9(11(15)16)7-12-10(14)6-4-5-8(2)13;1-3(2)4/h4,6-7H,3,5H2,1-2H3,(H,12,14)(H,15,16);1-2H3. The molecule has 20 heavy (non-hydrogen) atoms. The lowest BCUT2D eigenvalue weighted by atomic mass is 10.2. The molecule has 0 rings (SSSR count). The van der Waals surface area contributed by atoms with Crippen molar-refractivity contribution in [2.24, 2.45) is 0 Å². The van der Waals surface area contributed by atoms with Gasteiger partial charge >= 0.3 is 5.97 Å². The van der Waals surface area contributed by atoms with Gasteiger partial charge in [-0.2, -0.15) is 0 Å². The molecule has 6 heteroatoms. The molecule has 0 aliphatic rings. The number of carboxylic acids is 1. The number of allylic oxidation sites excluding steroid dienone is 1. The highest BCUT2D eigenvalue weighted by Gasteiger charge is 2.03. The summed E-state index contributed by atoms with van der Waals surface area (Å²) < 4.78 is 0. The summed E-state index contributed by atoms with van der Waals surface area (Å²) in [4.78, 5) is 41.7. The number of hydrogen-bond donors (Lipinski definition) is 2. The molecule has 2 N–H and O–H groups in total. The van der Waals surface area contributed by atoms with E-state index in [9.17, 15) is 19.2 Å². The number of amides is 1. The van der Waals surface area contributed by atoms with Crippen LogP contribution in [0.2, 0.25) is 0 Å². The monoisotopic (exact) mass is 283 g/mol. The number of carbonyl (C=O) groups excluding carboxylic acids is 3. The first kappa shape index (κ1) is 20.1. The van der Waals surface area contributed by atoms with E-state index in [1.807, 2.05) is 0 Å². The van der Waals surface area contributed by atoms with Crippen LogP contribution in [0.25, 0.3) is 0 Å². The zero-order valence-corrected chi connectivity index (χ0v) is 12.2. The third kappa shape index (κ3) is 15.8. The first-order chi connectivity index (χ1) is 9.20. The predicted molar refractivity (Wildman–Crippen MR) is 74.9 cm³/mol. The number of carboxylic acid groups (broad SMARTS) is 1. The summed E-state index contributed by atoms with van der Waals surface area (Å²) in [5.41, 5.74) is 0.119. The molecular formula is C14H21NO5. The van der Waals surface area contributed by atoms with E-state index in [4.69, 9.17) is 5.11 Å². The molecule has 112 valence electrons. The van der Waals surface area contributed by atoms with Gasteiger partial charge < -0.3 is 15.2 Å². The summed E-state index contributed by atoms with van der Waals surface area (Å²) in [6.45, 7) is 6.15. The molecule has 0 aromatic heterocycles. The number of carbonyl (C=O) groups is 4. The molecule has 0 unspecified atom stereocenters. The minimum absolute atomic E-state index is 0.0422. The fourth-order valence-electron chi connectivity index (χ4n) is 0.853. The maximum absolute atomic E-state index is 11.1. The number of Topliss-reactive ketones (excluding diaryl/α,β-unsaturated/α-hetero) is 2. The average Bonchev–Trinajstić information content (AvgIpc) is 2.27. The summed E-state index contributed by atoms with van der Waals surface area (Å²) in [5, 5.41) is 11.0. The molecule has 0 aliphatic carbocycles. The van der Waals surface area contributed by atoms with E-state index < -0.39 is 11.9 Å². The van der Waals surface area contributed by atoms with Gasteiger partial charge in [-0.1, -0.05) is 13.0 Å². The van der Waals surface area contributed by atoms with Crippen LogP contribution in [0, 0.1) is 0 Å². The molecule has 0 fully saturated rings. The van der Waals surface area contributed by atoms with E-state index in [0.717, 1.165) is 6.20 Å². The molecule has 0 aliphatic heterocycles. The maximum atomic E-state index is 11.1. The Kier molecular flexibility index (Phi) is 11.9. The van der Waals surface area contributed by atoms with Gasteiger partial charge in [0.1, 0.15) is 11.6 Å². The van der Waals surface area contributed by atoms with Crippen molar-refractivity contribution in [2.75, 3.05) is 0 Å². The van der Waals surface area contributed by atoms with Crippen LogP contribution in [0.15, 0.2) is 23.9 Å². The number of ketones is 2. The Morgan fingerprint density at radius 2 is 1.60 bits per heavy atom. The van der Waals surface area contributed by atoms with Gasteiger partial charge in [0.2, 0.25) is 5.91 Å². The predicted octanol–water partition coefficient (Wildman–Crippen LogP) is 1.61. The second-order valence-corrected chi connectivity index (χ2v) is 4.05. The van der Waals surface area contributed by atoms with Crippen LogP contribution in [0.1, 0.15) is 40.5 Å². The Labute approximate surface area is 118 Å². The molecule has 0 radical (unpaired) electrons. The topological polar surface area (TPSA) is 101 Å². The minimum atomic E-state index is -1.06. The van der Waals surface area contributed by atoms with E-state index in [1.165, 1.54) is 32.9 Å². The molecule has 0 aromatic rings. The van der Waals surface area contributed by atoms with Gasteiger partial charge in [0.25, 0.3) is 0 Å². The maximum Gasteiger partial charge on any atom is 0.333 e. The average molecular weight is 283 g/mol. The molecule has 0 spiro atoms. The van der Waals surface area contributed by atoms with E-state index >= 15 is 0 Å². The first-order valence-electron chi connectivity index (χ1n) is 6.06. The Bertz CT molecular complexity index is 417. The molecule has 0 bridgehead atoms. The summed E-state index contributed by atoms with van der Waals surface area (Å²) in [6.07, 6.45) is 4.30. The molecule has 0 heterocycles. The second-order valence-electron chi connectivity index (χ2n) is 4.05. The number of nitrogens with one attached hydrogen (secondary N) is 1. The molecular weight excluding hydrogens is 262 g/mol. The summed E-state index contributed by atoms with van der Waals surface area (Å²) in [5.74, 6) is -1.39. The lowest BCUT2D eigenvalue weighted by Crippen LogP contribution is -2.16. The zero-order chi connectivity index (χ0) is 16.1. The summed E-state index contributed by atoms with van der Waals surface area (Å²) >= 11 is 0. The third-order valence-corrected chi connectivity index (χ3v) is 1.72. The minimum Gasteiger partial charge on any atom is -0.478 e. The Morgan fingerprint density at radius 3 is 1.95 bits per heavy atom. The molecule has 0 saturated carbocycles. The van der Waals surface area contributed by atoms with Crippen LogP contribution in [0.4, 0.5) is 0 Å². The highest BCUT2D eigenvalue weighted by Crippen LogP contribution is 1.97. The molecule has 0 atom stereocenters. The van der Waals surface area contributed by atoms with E-state index in [1.54, 1.807) is 6.92 Å². The second kappa shape index (κ2) is 11.8. The van der Waals surface area contributed by atoms with Gasteiger partial charge in [-0.15, -0.1) is 0 Å². The van der Waals surface area contributed by atoms with Crippen LogP contribution in [-0.2, 0) is 19.2 Å². The van der Waals surface area contributed by atoms with Gasteiger partial charge in [0.05, 0.1) is 5.57 Å². The van der Waals surface area contributed by atoms with Crippen LogP contribution in [-0.4, -0.2) is 28.5 Å². The van der Waals surface area contributed by atoms with Crippen LogP contribution < -0.4 is 5.32 Å². The van der Waals surface area contributed by atoms with Crippen LogP contribution in [0.3, 0.4) is 0 Å².